The van der Waals surface area contributed by atoms with Crippen molar-refractivity contribution in [3.63, 3.8) is 0 Å². The highest BCUT2D eigenvalue weighted by atomic mass is 14.9. The molecule has 1 aliphatic heterocycles. The molecular formula is C28H46N2. The van der Waals surface area contributed by atoms with Crippen LogP contribution in [-0.4, -0.2) is 18.1 Å². The van der Waals surface area contributed by atoms with E-state index in [0.717, 1.165) is 13.1 Å². The van der Waals surface area contributed by atoms with Gasteiger partial charge in [-0.05, 0) is 93.3 Å². The van der Waals surface area contributed by atoms with E-state index in [0.29, 0.717) is 5.92 Å². The van der Waals surface area contributed by atoms with Gasteiger partial charge in [-0.25, -0.2) is 0 Å². The maximum absolute atomic E-state index is 3.89. The normalized spacial score (nSPS) is 15.3. The van der Waals surface area contributed by atoms with Gasteiger partial charge in [0.05, 0.1) is 0 Å². The van der Waals surface area contributed by atoms with Crippen LogP contribution in [0.4, 0.5) is 0 Å². The van der Waals surface area contributed by atoms with E-state index in [1.807, 2.05) is 0 Å². The van der Waals surface area contributed by atoms with Gasteiger partial charge in [0.25, 0.3) is 0 Å². The van der Waals surface area contributed by atoms with Crippen molar-refractivity contribution in [1.82, 2.24) is 10.3 Å². The lowest BCUT2D eigenvalue weighted by molar-refractivity contribution is 0.455. The third kappa shape index (κ3) is 6.13. The highest BCUT2D eigenvalue weighted by Crippen LogP contribution is 2.34. The zero-order valence-corrected chi connectivity index (χ0v) is 20.0. The Labute approximate surface area is 185 Å². The Morgan fingerprint density at radius 1 is 0.733 bits per heavy atom. The molecule has 0 unspecified atom stereocenters. The predicted molar refractivity (Wildman–Crippen MR) is 133 cm³/mol. The Bertz CT molecular complexity index is 752. The Kier molecular flexibility index (Phi) is 9.78. The van der Waals surface area contributed by atoms with Crippen LogP contribution in [0.25, 0.3) is 10.9 Å². The summed E-state index contributed by atoms with van der Waals surface area (Å²) >= 11 is 0. The number of rotatable bonds is 13. The molecule has 30 heavy (non-hydrogen) atoms. The lowest BCUT2D eigenvalue weighted by Gasteiger charge is -2.21. The molecule has 0 bridgehead atoms. The van der Waals surface area contributed by atoms with Gasteiger partial charge in [-0.2, -0.15) is 0 Å². The fourth-order valence-corrected chi connectivity index (χ4v) is 5.29. The van der Waals surface area contributed by atoms with Crippen molar-refractivity contribution in [1.29, 1.82) is 0 Å². The van der Waals surface area contributed by atoms with Crippen LogP contribution in [0.2, 0.25) is 0 Å². The summed E-state index contributed by atoms with van der Waals surface area (Å²) in [4.78, 5) is 3.89. The molecule has 2 nitrogen and oxygen atoms in total. The van der Waals surface area contributed by atoms with Gasteiger partial charge in [0.1, 0.15) is 0 Å². The number of H-pyrrole nitrogens is 1. The summed E-state index contributed by atoms with van der Waals surface area (Å²) in [6.45, 7) is 9.29. The number of aromatic nitrogens is 1. The second kappa shape index (κ2) is 12.5. The topological polar surface area (TPSA) is 27.8 Å². The summed E-state index contributed by atoms with van der Waals surface area (Å²) in [5, 5.41) is 5.07. The zero-order chi connectivity index (χ0) is 21.2. The minimum Gasteiger partial charge on any atom is -0.358 e. The molecule has 2 N–H and O–H groups in total. The molecule has 3 rings (SSSR count). The van der Waals surface area contributed by atoms with Crippen LogP contribution < -0.4 is 5.32 Å². The van der Waals surface area contributed by atoms with Crippen LogP contribution in [0.5, 0.6) is 0 Å². The molecule has 2 heteroatoms. The van der Waals surface area contributed by atoms with Crippen LogP contribution in [0, 0.1) is 0 Å². The number of hydrogen-bond donors (Lipinski definition) is 2. The smallest absolute Gasteiger partial charge is 0.0461 e. The van der Waals surface area contributed by atoms with Gasteiger partial charge in [0, 0.05) is 22.5 Å². The molecule has 2 aromatic rings. The lowest BCUT2D eigenvalue weighted by Crippen LogP contribution is -2.26. The van der Waals surface area contributed by atoms with E-state index in [9.17, 15) is 0 Å². The fourth-order valence-electron chi connectivity index (χ4n) is 5.29. The standard InChI is InChI=1S/C28H46N2/c1-4-7-10-12-15-24-23(13-11-8-5-2)20-28-26(25(24)14-9-6-3)21-27(30-28)22-16-18-29-19-17-22/h20-22,29-30H,4-19H2,1-3H3. The van der Waals surface area contributed by atoms with E-state index in [-0.39, 0.29) is 0 Å². The van der Waals surface area contributed by atoms with Crippen molar-refractivity contribution in [2.45, 2.75) is 117 Å². The van der Waals surface area contributed by atoms with E-state index in [1.165, 1.54) is 101 Å². The van der Waals surface area contributed by atoms with Crippen molar-refractivity contribution >= 4 is 10.9 Å². The Morgan fingerprint density at radius 3 is 2.13 bits per heavy atom. The second-order valence-corrected chi connectivity index (χ2v) is 9.57. The third-order valence-electron chi connectivity index (χ3n) is 7.15. The number of hydrogen-bond acceptors (Lipinski definition) is 1. The fraction of sp³-hybridized carbons (Fsp3) is 0.714. The van der Waals surface area contributed by atoms with E-state index in [1.54, 1.807) is 22.1 Å². The molecule has 2 heterocycles. The van der Waals surface area contributed by atoms with E-state index in [4.69, 9.17) is 0 Å². The first-order chi connectivity index (χ1) is 14.8. The minimum absolute atomic E-state index is 0.703. The first-order valence-electron chi connectivity index (χ1n) is 13.1. The van der Waals surface area contributed by atoms with Gasteiger partial charge in [0.15, 0.2) is 0 Å². The largest absolute Gasteiger partial charge is 0.358 e. The Hall–Kier alpha value is -1.28. The van der Waals surface area contributed by atoms with Crippen molar-refractivity contribution in [2.75, 3.05) is 13.1 Å². The zero-order valence-electron chi connectivity index (χ0n) is 20.0. The average molecular weight is 411 g/mol. The number of piperidine rings is 1. The van der Waals surface area contributed by atoms with Gasteiger partial charge in [-0.3, -0.25) is 0 Å². The molecule has 1 saturated heterocycles. The van der Waals surface area contributed by atoms with Crippen LogP contribution >= 0.6 is 0 Å². The van der Waals surface area contributed by atoms with Gasteiger partial charge >= 0.3 is 0 Å². The second-order valence-electron chi connectivity index (χ2n) is 9.57. The van der Waals surface area contributed by atoms with E-state index in [2.05, 4.69) is 43.2 Å². The maximum Gasteiger partial charge on any atom is 0.0461 e. The van der Waals surface area contributed by atoms with E-state index < -0.39 is 0 Å². The van der Waals surface area contributed by atoms with Gasteiger partial charge in [0.2, 0.25) is 0 Å². The van der Waals surface area contributed by atoms with Crippen LogP contribution in [0.3, 0.4) is 0 Å². The predicted octanol–water partition coefficient (Wildman–Crippen LogP) is 7.83. The summed E-state index contributed by atoms with van der Waals surface area (Å²) < 4.78 is 0. The molecule has 1 aliphatic rings. The van der Waals surface area contributed by atoms with Crippen molar-refractivity contribution in [3.8, 4) is 0 Å². The summed E-state index contributed by atoms with van der Waals surface area (Å²) in [6.07, 6.45) is 18.3. The summed E-state index contributed by atoms with van der Waals surface area (Å²) in [5.41, 5.74) is 7.97. The van der Waals surface area contributed by atoms with E-state index >= 15 is 0 Å². The molecule has 0 radical (unpaired) electrons. The first-order valence-corrected chi connectivity index (χ1v) is 13.1. The van der Waals surface area contributed by atoms with Gasteiger partial charge in [-0.1, -0.05) is 59.3 Å². The average Bonchev–Trinajstić information content (AvgIpc) is 3.20. The monoisotopic (exact) mass is 410 g/mol. The van der Waals surface area contributed by atoms with Crippen molar-refractivity contribution in [2.24, 2.45) is 0 Å². The SMILES string of the molecule is CCCCCCc1c(CCCCC)cc2[nH]c(C3CCNCC3)cc2c1CCCC. The number of aryl methyl sites for hydroxylation is 2. The van der Waals surface area contributed by atoms with Crippen LogP contribution in [0.15, 0.2) is 12.1 Å². The van der Waals surface area contributed by atoms with Crippen molar-refractivity contribution < 1.29 is 0 Å². The molecular weight excluding hydrogens is 364 g/mol. The quantitative estimate of drug-likeness (QED) is 0.323. The van der Waals surface area contributed by atoms with Crippen molar-refractivity contribution in [3.05, 3.63) is 34.5 Å². The van der Waals surface area contributed by atoms with Crippen LogP contribution in [-0.2, 0) is 19.3 Å². The molecule has 1 aromatic carbocycles. The number of unbranched alkanes of at least 4 members (excludes halogenated alkanes) is 6. The minimum atomic E-state index is 0.703. The Balaban J connectivity index is 1.97. The maximum atomic E-state index is 3.89. The third-order valence-corrected chi connectivity index (χ3v) is 7.15. The summed E-state index contributed by atoms with van der Waals surface area (Å²) in [6, 6.07) is 5.09. The molecule has 0 spiro atoms. The number of nitrogens with one attached hydrogen (secondary N) is 2. The number of benzene rings is 1. The molecule has 1 aromatic heterocycles. The molecule has 0 saturated carbocycles. The number of aromatic amines is 1. The summed E-state index contributed by atoms with van der Waals surface area (Å²) in [5.74, 6) is 0.703. The molecule has 0 amide bonds. The molecule has 0 atom stereocenters. The number of fused-ring (bicyclic) bond motifs is 1. The van der Waals surface area contributed by atoms with Gasteiger partial charge in [-0.15, -0.1) is 0 Å². The van der Waals surface area contributed by atoms with Gasteiger partial charge < -0.3 is 10.3 Å². The summed E-state index contributed by atoms with van der Waals surface area (Å²) in [7, 11) is 0. The van der Waals surface area contributed by atoms with Crippen LogP contribution in [0.1, 0.15) is 120 Å². The highest BCUT2D eigenvalue weighted by molar-refractivity contribution is 5.86. The Morgan fingerprint density at radius 2 is 1.40 bits per heavy atom. The molecule has 168 valence electrons. The molecule has 1 fully saturated rings. The molecule has 0 aliphatic carbocycles. The lowest BCUT2D eigenvalue weighted by atomic mass is 9.88. The highest BCUT2D eigenvalue weighted by Gasteiger charge is 2.20. The first kappa shape index (κ1) is 23.4.